The van der Waals surface area contributed by atoms with Crippen molar-refractivity contribution in [2.24, 2.45) is 5.92 Å². The van der Waals surface area contributed by atoms with Crippen molar-refractivity contribution < 1.29 is 23.1 Å². The van der Waals surface area contributed by atoms with Gasteiger partial charge in [0, 0.05) is 43.9 Å². The highest BCUT2D eigenvalue weighted by Gasteiger charge is 2.38. The van der Waals surface area contributed by atoms with Gasteiger partial charge in [0.05, 0.1) is 13.2 Å². The second-order valence-electron chi connectivity index (χ2n) is 8.98. The fraction of sp³-hybridized carbons (Fsp3) is 0.462. The number of fused-ring (bicyclic) bond motifs is 1. The molecule has 0 radical (unpaired) electrons. The molecular formula is C26H34N4O5S. The highest BCUT2D eigenvalue weighted by Crippen LogP contribution is 2.34. The molecule has 1 aromatic heterocycles. The predicted molar refractivity (Wildman–Crippen MR) is 137 cm³/mol. The van der Waals surface area contributed by atoms with Crippen LogP contribution in [0.2, 0.25) is 0 Å². The first kappa shape index (κ1) is 27.5. The topological polar surface area (TPSA) is 112 Å². The van der Waals surface area contributed by atoms with E-state index in [4.69, 9.17) is 4.74 Å². The molecule has 1 aliphatic rings. The standard InChI is InChI=1S/C26H34N4O5S/c1-5-13-28-26(32)29(4)17-24-19(2)16-30(20(3)18-31)36(33,34)25-12-10-21(15-23(25)35-24)9-11-22-8-6-7-14-27-22/h6-8,10,12,14-15,19-20,24,31H,5,13,16-18H2,1-4H3,(H,28,32)/t19-,20-,24+/m0/s1. The average molecular weight is 515 g/mol. The van der Waals surface area contributed by atoms with Crippen molar-refractivity contribution >= 4 is 16.1 Å². The second-order valence-corrected chi connectivity index (χ2v) is 10.8. The van der Waals surface area contributed by atoms with Crippen molar-refractivity contribution in [1.82, 2.24) is 19.5 Å². The van der Waals surface area contributed by atoms with Crippen LogP contribution in [0.15, 0.2) is 47.5 Å². The lowest BCUT2D eigenvalue weighted by molar-refractivity contribution is 0.0812. The monoisotopic (exact) mass is 514 g/mol. The molecular weight excluding hydrogens is 480 g/mol. The lowest BCUT2D eigenvalue weighted by Gasteiger charge is -2.37. The van der Waals surface area contributed by atoms with Gasteiger partial charge in [-0.3, -0.25) is 0 Å². The molecule has 0 bridgehead atoms. The summed E-state index contributed by atoms with van der Waals surface area (Å²) in [5, 5.41) is 12.6. The third kappa shape index (κ3) is 6.55. The van der Waals surface area contributed by atoms with Gasteiger partial charge in [-0.25, -0.2) is 18.2 Å². The number of nitrogens with one attached hydrogen (secondary N) is 1. The van der Waals surface area contributed by atoms with E-state index < -0.39 is 22.2 Å². The number of pyridine rings is 1. The number of sulfonamides is 1. The maximum absolute atomic E-state index is 13.6. The van der Waals surface area contributed by atoms with Gasteiger partial charge in [-0.15, -0.1) is 0 Å². The van der Waals surface area contributed by atoms with E-state index in [0.717, 1.165) is 6.42 Å². The number of aliphatic hydroxyl groups is 1. The number of carbonyl (C=O) groups excluding carboxylic acids is 1. The fourth-order valence-corrected chi connectivity index (χ4v) is 5.64. The van der Waals surface area contributed by atoms with Crippen molar-refractivity contribution in [2.45, 2.75) is 44.2 Å². The maximum atomic E-state index is 13.6. The summed E-state index contributed by atoms with van der Waals surface area (Å²) in [5.41, 5.74) is 1.16. The quantitative estimate of drug-likeness (QED) is 0.572. The summed E-state index contributed by atoms with van der Waals surface area (Å²) in [6.07, 6.45) is 1.97. The molecule has 2 amide bonds. The van der Waals surface area contributed by atoms with Crippen LogP contribution in [-0.4, -0.2) is 79.2 Å². The number of hydrogen-bond acceptors (Lipinski definition) is 6. The molecule has 0 saturated carbocycles. The van der Waals surface area contributed by atoms with Gasteiger partial charge in [0.25, 0.3) is 0 Å². The van der Waals surface area contributed by atoms with Crippen LogP contribution >= 0.6 is 0 Å². The smallest absolute Gasteiger partial charge is 0.317 e. The Balaban J connectivity index is 2.01. The fourth-order valence-electron chi connectivity index (χ4n) is 3.81. The molecule has 3 atom stereocenters. The Hall–Kier alpha value is -3.13. The van der Waals surface area contributed by atoms with E-state index in [0.29, 0.717) is 17.8 Å². The van der Waals surface area contributed by atoms with Gasteiger partial charge in [0.15, 0.2) is 0 Å². The Bertz CT molecular complexity index is 1210. The molecule has 2 N–H and O–H groups in total. The first-order valence-electron chi connectivity index (χ1n) is 12.0. The number of hydrogen-bond donors (Lipinski definition) is 2. The zero-order chi connectivity index (χ0) is 26.3. The van der Waals surface area contributed by atoms with Crippen LogP contribution in [0, 0.1) is 17.8 Å². The number of benzene rings is 1. The lowest BCUT2D eigenvalue weighted by Crippen LogP contribution is -2.51. The Morgan fingerprint density at radius 3 is 2.78 bits per heavy atom. The Morgan fingerprint density at radius 2 is 2.11 bits per heavy atom. The van der Waals surface area contributed by atoms with Crippen LogP contribution in [0.4, 0.5) is 4.79 Å². The second kappa shape index (κ2) is 12.2. The first-order chi connectivity index (χ1) is 17.2. The van der Waals surface area contributed by atoms with Gasteiger partial charge < -0.3 is 20.1 Å². The van der Waals surface area contributed by atoms with E-state index in [1.54, 1.807) is 44.4 Å². The summed E-state index contributed by atoms with van der Waals surface area (Å²) in [6, 6.07) is 9.28. The molecule has 9 nitrogen and oxygen atoms in total. The third-order valence-electron chi connectivity index (χ3n) is 5.99. The number of ether oxygens (including phenoxy) is 1. The van der Waals surface area contributed by atoms with Crippen LogP contribution < -0.4 is 10.1 Å². The highest BCUT2D eigenvalue weighted by atomic mass is 32.2. The molecule has 2 heterocycles. The lowest BCUT2D eigenvalue weighted by atomic mass is 10.0. The number of carbonyl (C=O) groups is 1. The molecule has 1 aliphatic heterocycles. The van der Waals surface area contributed by atoms with Crippen LogP contribution in [0.3, 0.4) is 0 Å². The Labute approximate surface area is 213 Å². The highest BCUT2D eigenvalue weighted by molar-refractivity contribution is 7.89. The molecule has 0 unspecified atom stereocenters. The van der Waals surface area contributed by atoms with E-state index >= 15 is 0 Å². The van der Waals surface area contributed by atoms with Crippen LogP contribution in [0.5, 0.6) is 5.75 Å². The minimum atomic E-state index is -3.96. The van der Waals surface area contributed by atoms with Gasteiger partial charge in [0.2, 0.25) is 10.0 Å². The number of rotatable bonds is 6. The average Bonchev–Trinajstić information content (AvgIpc) is 2.88. The molecule has 194 valence electrons. The molecule has 10 heteroatoms. The molecule has 2 aromatic rings. The molecule has 0 saturated heterocycles. The van der Waals surface area contributed by atoms with Crippen molar-refractivity contribution in [3.63, 3.8) is 0 Å². The van der Waals surface area contributed by atoms with Gasteiger partial charge >= 0.3 is 6.03 Å². The number of amides is 2. The SMILES string of the molecule is CCCNC(=O)N(C)C[C@H]1Oc2cc(C#Cc3ccccn3)ccc2S(=O)(=O)N([C@@H](C)CO)C[C@@H]1C. The molecule has 0 aliphatic carbocycles. The van der Waals surface area contributed by atoms with E-state index in [1.165, 1.54) is 15.3 Å². The number of aliphatic hydroxyl groups excluding tert-OH is 1. The molecule has 0 fully saturated rings. The summed E-state index contributed by atoms with van der Waals surface area (Å²) < 4.78 is 34.8. The van der Waals surface area contributed by atoms with Crippen LogP contribution in [0.1, 0.15) is 38.4 Å². The minimum Gasteiger partial charge on any atom is -0.487 e. The third-order valence-corrected chi connectivity index (χ3v) is 8.01. The van der Waals surface area contributed by atoms with Crippen molar-refractivity contribution in [3.8, 4) is 17.6 Å². The number of nitrogens with zero attached hydrogens (tertiary/aromatic N) is 3. The summed E-state index contributed by atoms with van der Waals surface area (Å²) in [4.78, 5) is 18.2. The largest absolute Gasteiger partial charge is 0.487 e. The van der Waals surface area contributed by atoms with Gasteiger partial charge in [-0.2, -0.15) is 4.31 Å². The zero-order valence-electron chi connectivity index (χ0n) is 21.1. The van der Waals surface area contributed by atoms with E-state index in [2.05, 4.69) is 22.1 Å². The normalized spacial score (nSPS) is 19.9. The van der Waals surface area contributed by atoms with Gasteiger partial charge in [0.1, 0.15) is 22.4 Å². The van der Waals surface area contributed by atoms with Crippen LogP contribution in [-0.2, 0) is 10.0 Å². The van der Waals surface area contributed by atoms with Crippen molar-refractivity contribution in [1.29, 1.82) is 0 Å². The summed E-state index contributed by atoms with van der Waals surface area (Å²) in [6.45, 7) is 6.15. The van der Waals surface area contributed by atoms with E-state index in [-0.39, 0.29) is 42.3 Å². The van der Waals surface area contributed by atoms with Crippen molar-refractivity contribution in [2.75, 3.05) is 33.3 Å². The molecule has 36 heavy (non-hydrogen) atoms. The van der Waals surface area contributed by atoms with Crippen LogP contribution in [0.25, 0.3) is 0 Å². The number of likely N-dealkylation sites (N-methyl/N-ethyl adjacent to an activating group) is 1. The van der Waals surface area contributed by atoms with Gasteiger partial charge in [-0.1, -0.05) is 25.8 Å². The first-order valence-corrected chi connectivity index (χ1v) is 13.5. The number of aromatic nitrogens is 1. The minimum absolute atomic E-state index is 0.00109. The number of urea groups is 1. The molecule has 3 rings (SSSR count). The predicted octanol–water partition coefficient (Wildman–Crippen LogP) is 2.30. The summed E-state index contributed by atoms with van der Waals surface area (Å²) in [7, 11) is -2.28. The summed E-state index contributed by atoms with van der Waals surface area (Å²) >= 11 is 0. The molecule has 0 spiro atoms. The Kier molecular flexibility index (Phi) is 9.31. The van der Waals surface area contributed by atoms with E-state index in [9.17, 15) is 18.3 Å². The van der Waals surface area contributed by atoms with Crippen molar-refractivity contribution in [3.05, 3.63) is 53.9 Å². The summed E-state index contributed by atoms with van der Waals surface area (Å²) in [5.74, 6) is 5.87. The molecule has 1 aromatic carbocycles. The Morgan fingerprint density at radius 1 is 1.33 bits per heavy atom. The van der Waals surface area contributed by atoms with E-state index in [1.807, 2.05) is 19.9 Å². The maximum Gasteiger partial charge on any atom is 0.317 e. The van der Waals surface area contributed by atoms with Gasteiger partial charge in [-0.05, 0) is 49.6 Å². The zero-order valence-corrected chi connectivity index (χ0v) is 22.0.